The van der Waals surface area contributed by atoms with Crippen LogP contribution in [-0.2, 0) is 23.1 Å². The zero-order valence-corrected chi connectivity index (χ0v) is 32.5. The molecule has 0 radical (unpaired) electrons. The number of hydrogen-bond donors (Lipinski definition) is 6. The number of nitrogens with zero attached hydrogens (tertiary/aromatic N) is 6. The quantitative estimate of drug-likeness (QED) is 0.0410. The number of nitrogen functional groups attached to an aromatic ring is 1. The number of benzene rings is 2. The van der Waals surface area contributed by atoms with E-state index in [1.165, 1.54) is 4.57 Å². The van der Waals surface area contributed by atoms with Crippen LogP contribution in [0.3, 0.4) is 0 Å². The Labute approximate surface area is 320 Å². The van der Waals surface area contributed by atoms with E-state index in [1.807, 2.05) is 21.1 Å². The zero-order valence-electron chi connectivity index (χ0n) is 30.8. The second-order valence-corrected chi connectivity index (χ2v) is 16.4. The second kappa shape index (κ2) is 16.3. The number of carbonyl (C=O) groups is 1. The van der Waals surface area contributed by atoms with Crippen LogP contribution in [-0.4, -0.2) is 106 Å². The Kier molecular flexibility index (Phi) is 11.5. The van der Waals surface area contributed by atoms with Gasteiger partial charge in [0, 0.05) is 50.9 Å². The summed E-state index contributed by atoms with van der Waals surface area (Å²) in [4.78, 5) is 54.1. The molecule has 0 bridgehead atoms. The Hall–Kier alpha value is -4.49. The van der Waals surface area contributed by atoms with Crippen LogP contribution in [0.4, 0.5) is 17.6 Å². The van der Waals surface area contributed by atoms with Crippen molar-refractivity contribution in [2.75, 3.05) is 63.3 Å². The van der Waals surface area contributed by atoms with Gasteiger partial charge in [0.2, 0.25) is 23.2 Å². The lowest BCUT2D eigenvalue weighted by atomic mass is 10.1. The van der Waals surface area contributed by atoms with Gasteiger partial charge in [-0.15, -0.1) is 11.3 Å². The van der Waals surface area contributed by atoms with E-state index in [1.54, 1.807) is 11.3 Å². The van der Waals surface area contributed by atoms with Gasteiger partial charge >= 0.3 is 7.82 Å². The predicted octanol–water partition coefficient (Wildman–Crippen LogP) is 2.23. The first-order valence-electron chi connectivity index (χ1n) is 18.2. The molecule has 1 aromatic carbocycles. The normalized spacial score (nSPS) is 22.3. The second-order valence-electron chi connectivity index (χ2n) is 13.9. The Morgan fingerprint density at radius 1 is 1.13 bits per heavy atom. The Morgan fingerprint density at radius 2 is 1.93 bits per heavy atom. The summed E-state index contributed by atoms with van der Waals surface area (Å²) in [6.45, 7) is 1.53. The Morgan fingerprint density at radius 3 is 2.73 bits per heavy atom. The van der Waals surface area contributed by atoms with Crippen LogP contribution in [0.5, 0.6) is 0 Å². The number of ether oxygens (including phenoxy) is 1. The predicted molar refractivity (Wildman–Crippen MR) is 209 cm³/mol. The summed E-state index contributed by atoms with van der Waals surface area (Å²) >= 11 is 1.73. The molecule has 1 aliphatic carbocycles. The van der Waals surface area contributed by atoms with Gasteiger partial charge in [-0.05, 0) is 43.5 Å². The number of fused-ring (bicyclic) bond motifs is 4. The van der Waals surface area contributed by atoms with Crippen molar-refractivity contribution in [1.29, 1.82) is 0 Å². The first kappa shape index (κ1) is 38.8. The maximum atomic E-state index is 12.6. The van der Waals surface area contributed by atoms with Gasteiger partial charge < -0.3 is 36.0 Å². The number of aliphatic hydroxyl groups is 1. The van der Waals surface area contributed by atoms with Crippen LogP contribution in [0.1, 0.15) is 44.8 Å². The van der Waals surface area contributed by atoms with Gasteiger partial charge in [-0.2, -0.15) is 4.98 Å². The number of anilines is 3. The molecule has 3 aromatic rings. The summed E-state index contributed by atoms with van der Waals surface area (Å²) in [5.74, 6) is 0.0837. The van der Waals surface area contributed by atoms with Crippen molar-refractivity contribution >= 4 is 64.0 Å². The number of nitrogens with one attached hydrogen (secondary N) is 3. The molecule has 20 heteroatoms. The van der Waals surface area contributed by atoms with Crippen molar-refractivity contribution in [2.45, 2.75) is 63.1 Å². The highest BCUT2D eigenvalue weighted by molar-refractivity contribution is 7.47. The standard InChI is InChI=1S/C35H45N10O8PS/c1-43(2)20-10-12-22-25(17-20)55-26-18-21(11-13-23(26)39-22)44(3)16-8-9-27(46)37-14-6-4-5-7-15-38-35-40-28-31(41-34(36)42-32(28)48)45(35)33-29(47)30-24(52-33)19-51-54(49,50)53-30/h10-13,17-18,24,29-30,33,39,47H,4-9,14-16,19H2,1-3H3,(H4,36,37,42,46,48,49,50)/p+1/t24-,29-,30-,33-/m1/s1. The number of H-pyrrole nitrogens is 1. The van der Waals surface area contributed by atoms with Gasteiger partial charge in [0.25, 0.3) is 5.56 Å². The fourth-order valence-electron chi connectivity index (χ4n) is 6.76. The number of phosphoric ester groups is 1. The summed E-state index contributed by atoms with van der Waals surface area (Å²) in [5, 5.41) is 18.4. The molecular weight excluding hydrogens is 751 g/mol. The molecule has 3 aliphatic heterocycles. The average Bonchev–Trinajstić information content (AvgIpc) is 3.66. The lowest BCUT2D eigenvalue weighted by Gasteiger charge is -2.27. The zero-order chi connectivity index (χ0) is 38.9. The molecule has 4 aliphatic rings. The minimum Gasteiger partial charge on any atom is -0.386 e. The molecule has 7 N–H and O–H groups in total. The number of carbonyl (C=O) groups excluding carboxylic acids is 1. The molecule has 5 heterocycles. The third-order valence-electron chi connectivity index (χ3n) is 9.70. The fourth-order valence-corrected chi connectivity index (χ4v) is 8.76. The molecule has 7 rings (SSSR count). The van der Waals surface area contributed by atoms with Crippen LogP contribution in [0.25, 0.3) is 32.0 Å². The maximum absolute atomic E-state index is 12.6. The van der Waals surface area contributed by atoms with E-state index >= 15 is 0 Å². The van der Waals surface area contributed by atoms with Crippen LogP contribution < -0.4 is 36.8 Å². The van der Waals surface area contributed by atoms with Gasteiger partial charge in [0.1, 0.15) is 32.4 Å². The monoisotopic (exact) mass is 797 g/mol. The topological polar surface area (TPSA) is 235 Å². The van der Waals surface area contributed by atoms with E-state index in [2.05, 4.69) is 71.5 Å². The van der Waals surface area contributed by atoms with E-state index in [0.29, 0.717) is 19.5 Å². The molecule has 0 spiro atoms. The van der Waals surface area contributed by atoms with Crippen LogP contribution in [0, 0.1) is 0 Å². The molecular formula is C35H46N10O8PS+. The third kappa shape index (κ3) is 8.67. The number of aromatic nitrogens is 5. The van der Waals surface area contributed by atoms with Crippen molar-refractivity contribution in [2.24, 2.45) is 0 Å². The highest BCUT2D eigenvalue weighted by Crippen LogP contribution is 2.53. The molecule has 5 atom stereocenters. The van der Waals surface area contributed by atoms with Crippen molar-refractivity contribution in [3.63, 3.8) is 0 Å². The van der Waals surface area contributed by atoms with E-state index in [9.17, 15) is 24.2 Å². The van der Waals surface area contributed by atoms with Crippen LogP contribution in [0.15, 0.2) is 41.2 Å². The smallest absolute Gasteiger partial charge is 0.386 e. The van der Waals surface area contributed by atoms with Crippen molar-refractivity contribution < 1.29 is 33.1 Å². The fraction of sp³-hybridized carbons (Fsp3) is 0.486. The number of aromatic amines is 1. The highest BCUT2D eigenvalue weighted by Gasteiger charge is 2.53. The van der Waals surface area contributed by atoms with Crippen LogP contribution in [0.2, 0.25) is 0 Å². The lowest BCUT2D eigenvalue weighted by molar-refractivity contribution is -0.121. The van der Waals surface area contributed by atoms with Gasteiger partial charge in [-0.1, -0.05) is 12.8 Å². The molecule has 294 valence electrons. The molecule has 2 fully saturated rings. The SMILES string of the molecule is CN(CCCC(=O)NCCCCCCNc1nc2c(=O)[nH]c(N)nc2n1[C@@H]1O[C@@H]2COP(=O)(O)O[C@H]2[C@H]1O)c1ccc2nc3ccc(=[N+](C)C)cc-3sc2c1. The minimum absolute atomic E-state index is 0.0193. The van der Waals surface area contributed by atoms with E-state index in [-0.39, 0.29) is 35.6 Å². The van der Waals surface area contributed by atoms with Gasteiger partial charge in [-0.3, -0.25) is 28.2 Å². The van der Waals surface area contributed by atoms with Gasteiger partial charge in [0.15, 0.2) is 17.4 Å². The number of unbranched alkanes of at least 4 members (excludes halogenated alkanes) is 3. The van der Waals surface area contributed by atoms with Crippen molar-refractivity contribution in [3.8, 4) is 10.6 Å². The number of imidazole rings is 1. The highest BCUT2D eigenvalue weighted by atomic mass is 32.1. The largest absolute Gasteiger partial charge is 0.472 e. The maximum Gasteiger partial charge on any atom is 0.472 e. The molecule has 2 aromatic heterocycles. The third-order valence-corrected chi connectivity index (χ3v) is 11.8. The molecule has 2 saturated heterocycles. The van der Waals surface area contributed by atoms with E-state index in [0.717, 1.165) is 70.5 Å². The molecule has 1 unspecified atom stereocenters. The van der Waals surface area contributed by atoms with Crippen molar-refractivity contribution in [3.05, 3.63) is 52.1 Å². The number of rotatable bonds is 14. The van der Waals surface area contributed by atoms with E-state index < -0.39 is 37.9 Å². The molecule has 1 amide bonds. The number of aliphatic hydroxyl groups excluding tert-OH is 1. The van der Waals surface area contributed by atoms with Gasteiger partial charge in [0.05, 0.1) is 27.4 Å². The summed E-state index contributed by atoms with van der Waals surface area (Å²) in [6.07, 6.45) is -0.0593. The number of nitrogens with two attached hydrogens (primary N) is 1. The number of phosphoric acid groups is 1. The Bertz CT molecular complexity index is 2350. The first-order chi connectivity index (χ1) is 26.4. The molecule has 0 saturated carbocycles. The lowest BCUT2D eigenvalue weighted by Crippen LogP contribution is -2.39. The molecule has 18 nitrogen and oxygen atoms in total. The summed E-state index contributed by atoms with van der Waals surface area (Å²) in [7, 11) is 1.75. The average molecular weight is 798 g/mol. The number of amides is 1. The summed E-state index contributed by atoms with van der Waals surface area (Å²) in [6, 6.07) is 12.6. The summed E-state index contributed by atoms with van der Waals surface area (Å²) in [5.41, 5.74) is 8.32. The number of hydrogen-bond acceptors (Lipinski definition) is 14. The van der Waals surface area contributed by atoms with Crippen LogP contribution >= 0.6 is 19.2 Å². The minimum atomic E-state index is -4.35. The van der Waals surface area contributed by atoms with E-state index in [4.69, 9.17) is 24.5 Å². The molecule has 55 heavy (non-hydrogen) atoms. The van der Waals surface area contributed by atoms with Crippen molar-refractivity contribution in [1.82, 2.24) is 34.4 Å². The Balaban J connectivity index is 0.840. The summed E-state index contributed by atoms with van der Waals surface area (Å²) < 4.78 is 32.5. The van der Waals surface area contributed by atoms with Gasteiger partial charge in [-0.25, -0.2) is 19.1 Å². The first-order valence-corrected chi connectivity index (χ1v) is 20.5.